The molecule has 0 saturated carbocycles. The third kappa shape index (κ3) is 2.29. The predicted octanol–water partition coefficient (Wildman–Crippen LogP) is 2.16. The molecule has 0 amide bonds. The summed E-state index contributed by atoms with van der Waals surface area (Å²) in [7, 11) is 1.54. The molecular weight excluding hydrogens is 232 g/mol. The molecule has 0 aliphatic heterocycles. The highest BCUT2D eigenvalue weighted by Crippen LogP contribution is 2.21. The molecule has 18 heavy (non-hydrogen) atoms. The topological polar surface area (TPSA) is 72.3 Å². The minimum absolute atomic E-state index is 0.198. The lowest BCUT2D eigenvalue weighted by atomic mass is 10.1. The van der Waals surface area contributed by atoms with Gasteiger partial charge in [0.15, 0.2) is 0 Å². The van der Waals surface area contributed by atoms with E-state index in [2.05, 4.69) is 9.97 Å². The Kier molecular flexibility index (Phi) is 3.23. The molecule has 0 fully saturated rings. The lowest BCUT2D eigenvalue weighted by molar-refractivity contribution is 0.0695. The Morgan fingerprint density at radius 1 is 1.22 bits per heavy atom. The number of nitrogens with zero attached hydrogens (tertiary/aromatic N) is 2. The predicted molar refractivity (Wildman–Crippen MR) is 65.7 cm³/mol. The van der Waals surface area contributed by atoms with Gasteiger partial charge in [0, 0.05) is 29.6 Å². The number of rotatable bonds is 3. The Balaban J connectivity index is 2.44. The maximum absolute atomic E-state index is 11.0. The van der Waals surface area contributed by atoms with Crippen LogP contribution in [0.4, 0.5) is 0 Å². The summed E-state index contributed by atoms with van der Waals surface area (Å²) in [5.41, 5.74) is 2.20. The molecule has 2 aromatic heterocycles. The van der Waals surface area contributed by atoms with Gasteiger partial charge in [0.05, 0.1) is 18.4 Å². The molecule has 2 heterocycles. The number of hydrogen-bond acceptors (Lipinski definition) is 4. The second-order valence-corrected chi connectivity index (χ2v) is 3.75. The van der Waals surface area contributed by atoms with Crippen LogP contribution in [0.1, 0.15) is 16.1 Å². The van der Waals surface area contributed by atoms with Gasteiger partial charge < -0.3 is 9.84 Å². The first-order chi connectivity index (χ1) is 8.61. The number of hydrogen-bond donors (Lipinski definition) is 1. The molecule has 2 aromatic rings. The van der Waals surface area contributed by atoms with Gasteiger partial charge in [-0.25, -0.2) is 9.78 Å². The molecule has 0 bridgehead atoms. The number of carboxylic acid groups (broad SMARTS) is 1. The Bertz CT molecular complexity index is 579. The van der Waals surface area contributed by atoms with E-state index in [4.69, 9.17) is 9.84 Å². The lowest BCUT2D eigenvalue weighted by Crippen LogP contribution is -2.02. The molecule has 2 rings (SSSR count). The molecule has 0 spiro atoms. The first-order valence-electron chi connectivity index (χ1n) is 5.32. The first kappa shape index (κ1) is 12.0. The third-order valence-electron chi connectivity index (χ3n) is 2.60. The number of aromatic nitrogens is 2. The molecule has 0 unspecified atom stereocenters. The van der Waals surface area contributed by atoms with Gasteiger partial charge in [0.2, 0.25) is 5.88 Å². The van der Waals surface area contributed by atoms with Gasteiger partial charge in [-0.3, -0.25) is 4.98 Å². The van der Waals surface area contributed by atoms with E-state index >= 15 is 0 Å². The Morgan fingerprint density at radius 3 is 2.50 bits per heavy atom. The molecule has 5 nitrogen and oxygen atoms in total. The van der Waals surface area contributed by atoms with E-state index in [0.717, 1.165) is 5.56 Å². The zero-order valence-corrected chi connectivity index (χ0v) is 10.0. The molecule has 0 radical (unpaired) electrons. The lowest BCUT2D eigenvalue weighted by Gasteiger charge is -2.05. The fraction of sp³-hybridized carbons (Fsp3) is 0.154. The van der Waals surface area contributed by atoms with Crippen molar-refractivity contribution < 1.29 is 14.6 Å². The molecule has 5 heteroatoms. The molecule has 0 aliphatic rings. The van der Waals surface area contributed by atoms with Crippen LogP contribution >= 0.6 is 0 Å². The summed E-state index contributed by atoms with van der Waals surface area (Å²) in [6.07, 6.45) is 3.25. The van der Waals surface area contributed by atoms with E-state index in [1.165, 1.54) is 7.11 Å². The number of carbonyl (C=O) groups is 1. The highest BCUT2D eigenvalue weighted by Gasteiger charge is 2.10. The number of aromatic carboxylic acids is 1. The van der Waals surface area contributed by atoms with Gasteiger partial charge in [-0.15, -0.1) is 0 Å². The number of pyridine rings is 2. The van der Waals surface area contributed by atoms with Crippen molar-refractivity contribution in [3.05, 3.63) is 41.9 Å². The first-order valence-corrected chi connectivity index (χ1v) is 5.32. The highest BCUT2D eigenvalue weighted by molar-refractivity contribution is 5.90. The van der Waals surface area contributed by atoms with E-state index in [9.17, 15) is 4.79 Å². The smallest absolute Gasteiger partial charge is 0.337 e. The number of aryl methyl sites for hydroxylation is 1. The van der Waals surface area contributed by atoms with Crippen molar-refractivity contribution in [3.63, 3.8) is 0 Å². The summed E-state index contributed by atoms with van der Waals surface area (Å²) in [6.45, 7) is 1.67. The molecule has 92 valence electrons. The van der Waals surface area contributed by atoms with Crippen LogP contribution in [-0.2, 0) is 0 Å². The van der Waals surface area contributed by atoms with Crippen LogP contribution in [0, 0.1) is 6.92 Å². The van der Waals surface area contributed by atoms with E-state index in [0.29, 0.717) is 17.1 Å². The van der Waals surface area contributed by atoms with Crippen LogP contribution in [0.3, 0.4) is 0 Å². The van der Waals surface area contributed by atoms with Gasteiger partial charge in [-0.05, 0) is 19.1 Å². The van der Waals surface area contributed by atoms with Crippen molar-refractivity contribution in [1.29, 1.82) is 0 Å². The Morgan fingerprint density at radius 2 is 1.94 bits per heavy atom. The van der Waals surface area contributed by atoms with E-state index < -0.39 is 5.97 Å². The minimum Gasteiger partial charge on any atom is -0.481 e. The largest absolute Gasteiger partial charge is 0.481 e. The molecule has 0 atom stereocenters. The van der Waals surface area contributed by atoms with Gasteiger partial charge >= 0.3 is 5.97 Å². The average Bonchev–Trinajstić information content (AvgIpc) is 2.39. The van der Waals surface area contributed by atoms with Crippen LogP contribution in [0.2, 0.25) is 0 Å². The van der Waals surface area contributed by atoms with Crippen LogP contribution in [-0.4, -0.2) is 28.2 Å². The Hall–Kier alpha value is -2.43. The summed E-state index contributed by atoms with van der Waals surface area (Å²) < 4.78 is 4.97. The van der Waals surface area contributed by atoms with E-state index in [-0.39, 0.29) is 5.56 Å². The number of methoxy groups -OCH3 is 1. The summed E-state index contributed by atoms with van der Waals surface area (Å²) in [6, 6.07) is 5.12. The van der Waals surface area contributed by atoms with Crippen molar-refractivity contribution in [2.24, 2.45) is 0 Å². The van der Waals surface area contributed by atoms with Crippen LogP contribution < -0.4 is 4.74 Å². The highest BCUT2D eigenvalue weighted by atomic mass is 16.5. The van der Waals surface area contributed by atoms with E-state index in [1.807, 2.05) is 6.07 Å². The van der Waals surface area contributed by atoms with Crippen molar-refractivity contribution in [1.82, 2.24) is 9.97 Å². The fourth-order valence-corrected chi connectivity index (χ4v) is 1.58. The SMILES string of the molecule is COc1ccc(-c2cnc(C)c(C(=O)O)c2)cn1. The zero-order chi connectivity index (χ0) is 13.1. The second-order valence-electron chi connectivity index (χ2n) is 3.75. The van der Waals surface area contributed by atoms with Gasteiger partial charge in [0.1, 0.15) is 0 Å². The van der Waals surface area contributed by atoms with Crippen molar-refractivity contribution in [3.8, 4) is 17.0 Å². The molecule has 0 saturated heterocycles. The number of carboxylic acids is 1. The van der Waals surface area contributed by atoms with Gasteiger partial charge in [-0.1, -0.05) is 0 Å². The van der Waals surface area contributed by atoms with Crippen LogP contribution in [0.25, 0.3) is 11.1 Å². The Labute approximate surface area is 104 Å². The summed E-state index contributed by atoms with van der Waals surface area (Å²) in [4.78, 5) is 19.2. The van der Waals surface area contributed by atoms with E-state index in [1.54, 1.807) is 31.5 Å². The summed E-state index contributed by atoms with van der Waals surface area (Å²) in [5.74, 6) is -0.472. The normalized spacial score (nSPS) is 10.1. The minimum atomic E-state index is -0.983. The van der Waals surface area contributed by atoms with Crippen LogP contribution in [0.5, 0.6) is 5.88 Å². The fourth-order valence-electron chi connectivity index (χ4n) is 1.58. The average molecular weight is 244 g/mol. The molecule has 1 N–H and O–H groups in total. The van der Waals surface area contributed by atoms with Crippen LogP contribution in [0.15, 0.2) is 30.6 Å². The van der Waals surface area contributed by atoms with Gasteiger partial charge in [0.25, 0.3) is 0 Å². The maximum Gasteiger partial charge on any atom is 0.337 e. The maximum atomic E-state index is 11.0. The number of ether oxygens (including phenoxy) is 1. The van der Waals surface area contributed by atoms with Crippen molar-refractivity contribution in [2.45, 2.75) is 6.92 Å². The summed E-state index contributed by atoms with van der Waals surface area (Å²) >= 11 is 0. The zero-order valence-electron chi connectivity index (χ0n) is 10.0. The second kappa shape index (κ2) is 4.83. The summed E-state index contributed by atoms with van der Waals surface area (Å²) in [5, 5.41) is 9.04. The third-order valence-corrected chi connectivity index (χ3v) is 2.60. The molecule has 0 aromatic carbocycles. The standard InChI is InChI=1S/C13H12N2O3/c1-8-11(13(16)17)5-10(7-14-8)9-3-4-12(18-2)15-6-9/h3-7H,1-2H3,(H,16,17). The monoisotopic (exact) mass is 244 g/mol. The van der Waals surface area contributed by atoms with Crippen molar-refractivity contribution in [2.75, 3.05) is 7.11 Å². The van der Waals surface area contributed by atoms with Crippen molar-refractivity contribution >= 4 is 5.97 Å². The van der Waals surface area contributed by atoms with Gasteiger partial charge in [-0.2, -0.15) is 0 Å². The molecular formula is C13H12N2O3. The quantitative estimate of drug-likeness (QED) is 0.895. The molecule has 0 aliphatic carbocycles.